The first-order valence-electron chi connectivity index (χ1n) is 4.73. The molecule has 0 aliphatic carbocycles. The molecule has 1 aromatic carbocycles. The highest BCUT2D eigenvalue weighted by atomic mass is 16.1. The lowest BCUT2D eigenvalue weighted by molar-refractivity contribution is -0.107. The average Bonchev–Trinajstić information content (AvgIpc) is 2.31. The van der Waals surface area contributed by atoms with Gasteiger partial charge in [-0.1, -0.05) is 31.2 Å². The number of carbonyl (C=O) groups excluding carboxylic acids is 3. The third-order valence-electron chi connectivity index (χ3n) is 1.66. The van der Waals surface area contributed by atoms with E-state index in [1.165, 1.54) is 0 Å². The van der Waals surface area contributed by atoms with E-state index in [1.54, 1.807) is 24.3 Å². The molecule has 3 heteroatoms. The first kappa shape index (κ1) is 13.2. The van der Waals surface area contributed by atoms with Crippen molar-refractivity contribution < 1.29 is 14.4 Å². The van der Waals surface area contributed by atoms with Crippen molar-refractivity contribution in [1.29, 1.82) is 0 Å². The van der Waals surface area contributed by atoms with Crippen molar-refractivity contribution in [3.05, 3.63) is 35.4 Å². The van der Waals surface area contributed by atoms with E-state index < -0.39 is 0 Å². The lowest BCUT2D eigenvalue weighted by Crippen LogP contribution is -1.87. The second-order valence-electron chi connectivity index (χ2n) is 2.82. The van der Waals surface area contributed by atoms with Crippen molar-refractivity contribution in [1.82, 2.24) is 0 Å². The molecule has 1 aromatic rings. The van der Waals surface area contributed by atoms with Crippen molar-refractivity contribution in [2.75, 3.05) is 0 Å². The zero-order chi connectivity index (χ0) is 11.5. The lowest BCUT2D eigenvalue weighted by Gasteiger charge is -1.91. The maximum absolute atomic E-state index is 10.2. The van der Waals surface area contributed by atoms with Gasteiger partial charge in [0.05, 0.1) is 0 Å². The Morgan fingerprint density at radius 1 is 1.00 bits per heavy atom. The number of hydrogen-bond acceptors (Lipinski definition) is 3. The van der Waals surface area contributed by atoms with Gasteiger partial charge >= 0.3 is 0 Å². The quantitative estimate of drug-likeness (QED) is 0.710. The van der Waals surface area contributed by atoms with E-state index in [1.807, 2.05) is 6.92 Å². The highest BCUT2D eigenvalue weighted by Gasteiger charge is 1.95. The summed E-state index contributed by atoms with van der Waals surface area (Å²) in [4.78, 5) is 29.9. The second-order valence-corrected chi connectivity index (χ2v) is 2.82. The van der Waals surface area contributed by atoms with Gasteiger partial charge in [-0.15, -0.1) is 0 Å². The van der Waals surface area contributed by atoms with Crippen molar-refractivity contribution >= 4 is 18.9 Å². The summed E-state index contributed by atoms with van der Waals surface area (Å²) in [5.74, 6) is 0. The molecule has 0 aromatic heterocycles. The molecule has 0 radical (unpaired) electrons. The molecule has 0 N–H and O–H groups in total. The molecule has 0 atom stereocenters. The molecule has 3 nitrogen and oxygen atoms in total. The van der Waals surface area contributed by atoms with Gasteiger partial charge in [-0.3, -0.25) is 9.59 Å². The zero-order valence-electron chi connectivity index (χ0n) is 8.68. The highest BCUT2D eigenvalue weighted by molar-refractivity contribution is 5.89. The molecule has 0 aliphatic rings. The molecule has 0 bridgehead atoms. The molecule has 1 rings (SSSR count). The molecular weight excluding hydrogens is 192 g/mol. The monoisotopic (exact) mass is 206 g/mol. The molecule has 0 unspecified atom stereocenters. The van der Waals surface area contributed by atoms with Gasteiger partial charge in [-0.2, -0.15) is 0 Å². The van der Waals surface area contributed by atoms with Crippen LogP contribution in [0.5, 0.6) is 0 Å². The molecule has 0 saturated carbocycles. The number of unbranched alkanes of at least 4 members (excludes halogenated alkanes) is 1. The average molecular weight is 206 g/mol. The van der Waals surface area contributed by atoms with Crippen LogP contribution in [0.2, 0.25) is 0 Å². The van der Waals surface area contributed by atoms with E-state index in [4.69, 9.17) is 0 Å². The first-order chi connectivity index (χ1) is 7.29. The molecule has 0 spiro atoms. The van der Waals surface area contributed by atoms with Crippen LogP contribution in [0.3, 0.4) is 0 Å². The van der Waals surface area contributed by atoms with Crippen LogP contribution in [-0.4, -0.2) is 18.9 Å². The van der Waals surface area contributed by atoms with Crippen molar-refractivity contribution in [3.63, 3.8) is 0 Å². The van der Waals surface area contributed by atoms with Gasteiger partial charge in [-0.05, 0) is 6.42 Å². The normalized spacial score (nSPS) is 8.33. The maximum Gasteiger partial charge on any atom is 0.150 e. The zero-order valence-corrected chi connectivity index (χ0v) is 8.68. The molecule has 0 amide bonds. The maximum atomic E-state index is 10.2. The minimum atomic E-state index is 0.442. The van der Waals surface area contributed by atoms with E-state index in [0.29, 0.717) is 30.1 Å². The van der Waals surface area contributed by atoms with Crippen molar-refractivity contribution in [2.45, 2.75) is 19.8 Å². The van der Waals surface area contributed by atoms with Gasteiger partial charge in [0.1, 0.15) is 6.29 Å². The molecule has 0 aliphatic heterocycles. The van der Waals surface area contributed by atoms with E-state index in [9.17, 15) is 14.4 Å². The number of hydrogen-bond donors (Lipinski definition) is 0. The van der Waals surface area contributed by atoms with Gasteiger partial charge in [-0.25, -0.2) is 0 Å². The molecule has 80 valence electrons. The summed E-state index contributed by atoms with van der Waals surface area (Å²) in [6.45, 7) is 1.98. The van der Waals surface area contributed by atoms with Gasteiger partial charge in [0, 0.05) is 17.5 Å². The largest absolute Gasteiger partial charge is 0.303 e. The minimum absolute atomic E-state index is 0.442. The van der Waals surface area contributed by atoms with Gasteiger partial charge in [0.25, 0.3) is 0 Å². The standard InChI is InChI=1S/C8H6O2.C4H8O/c9-5-7-3-1-2-4-8(7)6-10;1-2-3-4-5/h1-6H;4H,2-3H2,1H3. The van der Waals surface area contributed by atoms with Crippen LogP contribution >= 0.6 is 0 Å². The Hall–Kier alpha value is -1.77. The fourth-order valence-electron chi connectivity index (χ4n) is 0.843. The summed E-state index contributed by atoms with van der Waals surface area (Å²) in [5.41, 5.74) is 0.884. The topological polar surface area (TPSA) is 51.2 Å². The summed E-state index contributed by atoms with van der Waals surface area (Å²) in [6, 6.07) is 6.65. The summed E-state index contributed by atoms with van der Waals surface area (Å²) in [7, 11) is 0. The van der Waals surface area contributed by atoms with E-state index in [0.717, 1.165) is 12.7 Å². The van der Waals surface area contributed by atoms with Crippen LogP contribution in [-0.2, 0) is 4.79 Å². The third-order valence-corrected chi connectivity index (χ3v) is 1.66. The predicted octanol–water partition coefficient (Wildman–Crippen LogP) is 2.30. The number of rotatable bonds is 4. The molecule has 0 heterocycles. The number of carbonyl (C=O) groups is 3. The Labute approximate surface area is 89.1 Å². The minimum Gasteiger partial charge on any atom is -0.303 e. The van der Waals surface area contributed by atoms with Crippen LogP contribution < -0.4 is 0 Å². The fraction of sp³-hybridized carbons (Fsp3) is 0.250. The van der Waals surface area contributed by atoms with Crippen LogP contribution in [0.1, 0.15) is 40.5 Å². The summed E-state index contributed by atoms with van der Waals surface area (Å²) >= 11 is 0. The molecule has 15 heavy (non-hydrogen) atoms. The Bertz CT molecular complexity index is 291. The van der Waals surface area contributed by atoms with Gasteiger partial charge < -0.3 is 4.79 Å². The van der Waals surface area contributed by atoms with Crippen LogP contribution in [0.15, 0.2) is 24.3 Å². The molecular formula is C12H14O3. The Morgan fingerprint density at radius 2 is 1.47 bits per heavy atom. The van der Waals surface area contributed by atoms with Crippen molar-refractivity contribution in [3.8, 4) is 0 Å². The van der Waals surface area contributed by atoms with Crippen LogP contribution in [0.25, 0.3) is 0 Å². The Balaban J connectivity index is 0.000000336. The molecule has 0 saturated heterocycles. The SMILES string of the molecule is CCCC=O.O=Cc1ccccc1C=O. The van der Waals surface area contributed by atoms with Gasteiger partial charge in [0.2, 0.25) is 0 Å². The van der Waals surface area contributed by atoms with E-state index in [-0.39, 0.29) is 0 Å². The van der Waals surface area contributed by atoms with E-state index >= 15 is 0 Å². The lowest BCUT2D eigenvalue weighted by atomic mass is 10.1. The third kappa shape index (κ3) is 5.52. The van der Waals surface area contributed by atoms with Crippen LogP contribution in [0.4, 0.5) is 0 Å². The Kier molecular flexibility index (Phi) is 7.77. The van der Waals surface area contributed by atoms with Crippen molar-refractivity contribution in [2.24, 2.45) is 0 Å². The number of benzene rings is 1. The smallest absolute Gasteiger partial charge is 0.150 e. The van der Waals surface area contributed by atoms with E-state index in [2.05, 4.69) is 0 Å². The number of aldehydes is 3. The predicted molar refractivity (Wildman–Crippen MR) is 58.2 cm³/mol. The van der Waals surface area contributed by atoms with Gasteiger partial charge in [0.15, 0.2) is 12.6 Å². The first-order valence-corrected chi connectivity index (χ1v) is 4.73. The Morgan fingerprint density at radius 3 is 1.67 bits per heavy atom. The highest BCUT2D eigenvalue weighted by Crippen LogP contribution is 2.01. The second kappa shape index (κ2) is 8.81. The summed E-state index contributed by atoms with van der Waals surface area (Å²) < 4.78 is 0. The molecule has 0 fully saturated rings. The summed E-state index contributed by atoms with van der Waals surface area (Å²) in [5, 5.41) is 0. The fourth-order valence-corrected chi connectivity index (χ4v) is 0.843. The van der Waals surface area contributed by atoms with Crippen LogP contribution in [0, 0.1) is 0 Å². The summed E-state index contributed by atoms with van der Waals surface area (Å²) in [6.07, 6.45) is 3.96.